The van der Waals surface area contributed by atoms with Gasteiger partial charge in [0, 0.05) is 35.3 Å². The summed E-state index contributed by atoms with van der Waals surface area (Å²) >= 11 is 18.3. The van der Waals surface area contributed by atoms with Crippen LogP contribution in [0, 0.1) is 5.92 Å². The van der Waals surface area contributed by atoms with Crippen LogP contribution in [0.4, 0.5) is 0 Å². The molecule has 0 unspecified atom stereocenters. The largest absolute Gasteiger partial charge is 0.299 e. The van der Waals surface area contributed by atoms with Crippen LogP contribution in [0.2, 0.25) is 15.1 Å². The average molecular weight is 438 g/mol. The average Bonchev–Trinajstić information content (AvgIpc) is 2.66. The van der Waals surface area contributed by atoms with Crippen molar-refractivity contribution in [1.29, 1.82) is 0 Å². The van der Waals surface area contributed by atoms with E-state index >= 15 is 0 Å². The van der Waals surface area contributed by atoms with E-state index in [9.17, 15) is 9.59 Å². The lowest BCUT2D eigenvalue weighted by molar-refractivity contribution is -0.124. The highest BCUT2D eigenvalue weighted by atomic mass is 35.5. The lowest BCUT2D eigenvalue weighted by Crippen LogP contribution is -2.26. The normalized spacial score (nSPS) is 19.0. The number of ketones is 2. The van der Waals surface area contributed by atoms with Crippen molar-refractivity contribution < 1.29 is 9.59 Å². The van der Waals surface area contributed by atoms with Crippen LogP contribution in [-0.4, -0.2) is 11.6 Å². The van der Waals surface area contributed by atoms with Gasteiger partial charge in [-0.25, -0.2) is 0 Å². The zero-order valence-electron chi connectivity index (χ0n) is 15.6. The summed E-state index contributed by atoms with van der Waals surface area (Å²) in [5.74, 6) is -0.125. The van der Waals surface area contributed by atoms with Crippen molar-refractivity contribution in [1.82, 2.24) is 0 Å². The zero-order chi connectivity index (χ0) is 20.1. The molecule has 2 aromatic rings. The van der Waals surface area contributed by atoms with Crippen LogP contribution in [0.5, 0.6) is 0 Å². The lowest BCUT2D eigenvalue weighted by Gasteiger charge is -2.28. The minimum absolute atomic E-state index is 0.00241. The van der Waals surface area contributed by atoms with Crippen LogP contribution < -0.4 is 0 Å². The Hall–Kier alpha value is -1.35. The summed E-state index contributed by atoms with van der Waals surface area (Å²) in [4.78, 5) is 25.9. The van der Waals surface area contributed by atoms with Crippen molar-refractivity contribution in [2.75, 3.05) is 0 Å². The number of carbonyl (C=O) groups excluding carboxylic acids is 2. The number of hydrogen-bond donors (Lipinski definition) is 0. The third kappa shape index (κ3) is 5.37. The summed E-state index contributed by atoms with van der Waals surface area (Å²) < 4.78 is 0. The number of benzene rings is 2. The molecular formula is C23H23Cl3O2. The van der Waals surface area contributed by atoms with Crippen molar-refractivity contribution in [2.45, 2.75) is 50.9 Å². The van der Waals surface area contributed by atoms with Gasteiger partial charge in [-0.05, 0) is 54.8 Å². The van der Waals surface area contributed by atoms with Crippen molar-refractivity contribution in [3.8, 4) is 0 Å². The van der Waals surface area contributed by atoms with Gasteiger partial charge in [0.2, 0.25) is 0 Å². The van der Waals surface area contributed by atoms with Crippen molar-refractivity contribution >= 4 is 46.4 Å². The highest BCUT2D eigenvalue weighted by Gasteiger charge is 2.32. The first kappa shape index (κ1) is 21.4. The number of rotatable bonds is 5. The van der Waals surface area contributed by atoms with Gasteiger partial charge in [0.05, 0.1) is 10.0 Å². The molecule has 148 valence electrons. The molecule has 0 saturated heterocycles. The smallest absolute Gasteiger partial charge is 0.163 e. The third-order valence-corrected chi connectivity index (χ3v) is 6.52. The molecule has 0 heterocycles. The molecule has 0 amide bonds. The van der Waals surface area contributed by atoms with Crippen molar-refractivity contribution in [3.63, 3.8) is 0 Å². The summed E-state index contributed by atoms with van der Waals surface area (Å²) in [5.41, 5.74) is 1.50. The van der Waals surface area contributed by atoms with Crippen LogP contribution in [0.25, 0.3) is 0 Å². The highest BCUT2D eigenvalue weighted by molar-refractivity contribution is 6.42. The first-order chi connectivity index (χ1) is 13.5. The topological polar surface area (TPSA) is 34.1 Å². The molecule has 1 saturated carbocycles. The van der Waals surface area contributed by atoms with Gasteiger partial charge in [-0.15, -0.1) is 0 Å². The number of halogens is 3. The fourth-order valence-corrected chi connectivity index (χ4v) is 4.41. The summed E-state index contributed by atoms with van der Waals surface area (Å²) in [6.07, 6.45) is 5.80. The zero-order valence-corrected chi connectivity index (χ0v) is 17.9. The molecule has 1 aliphatic rings. The van der Waals surface area contributed by atoms with Gasteiger partial charge >= 0.3 is 0 Å². The third-order valence-electron chi connectivity index (χ3n) is 5.53. The van der Waals surface area contributed by atoms with Gasteiger partial charge < -0.3 is 0 Å². The van der Waals surface area contributed by atoms with Crippen LogP contribution in [0.3, 0.4) is 0 Å². The van der Waals surface area contributed by atoms with Gasteiger partial charge in [-0.2, -0.15) is 0 Å². The Kier molecular flexibility index (Phi) is 7.56. The second-order valence-electron chi connectivity index (χ2n) is 7.44. The molecule has 0 aromatic heterocycles. The maximum atomic E-state index is 13.0. The molecule has 0 N–H and O–H groups in total. The Morgan fingerprint density at radius 2 is 1.64 bits per heavy atom. The molecule has 2 atom stereocenters. The van der Waals surface area contributed by atoms with Crippen LogP contribution in [0.15, 0.2) is 42.5 Å². The van der Waals surface area contributed by atoms with Crippen molar-refractivity contribution in [3.05, 3.63) is 68.7 Å². The quantitative estimate of drug-likeness (QED) is 0.453. The molecule has 1 fully saturated rings. The molecule has 28 heavy (non-hydrogen) atoms. The van der Waals surface area contributed by atoms with E-state index in [1.54, 1.807) is 36.4 Å². The Morgan fingerprint density at radius 3 is 2.36 bits per heavy atom. The summed E-state index contributed by atoms with van der Waals surface area (Å²) in [6, 6.07) is 12.3. The number of Topliss-reactive ketones (excluding diaryl/α,β-unsaturated/α-hetero) is 2. The number of hydrogen-bond acceptors (Lipinski definition) is 2. The van der Waals surface area contributed by atoms with E-state index in [-0.39, 0.29) is 29.8 Å². The molecule has 5 heteroatoms. The van der Waals surface area contributed by atoms with E-state index in [2.05, 4.69) is 0 Å². The lowest BCUT2D eigenvalue weighted by atomic mass is 9.75. The highest BCUT2D eigenvalue weighted by Crippen LogP contribution is 2.38. The van der Waals surface area contributed by atoms with E-state index in [1.807, 2.05) is 6.07 Å². The maximum absolute atomic E-state index is 13.0. The Morgan fingerprint density at radius 1 is 0.929 bits per heavy atom. The van der Waals surface area contributed by atoms with E-state index in [0.29, 0.717) is 27.1 Å². The summed E-state index contributed by atoms with van der Waals surface area (Å²) in [6.45, 7) is 0. The minimum atomic E-state index is -0.205. The molecule has 0 bridgehead atoms. The van der Waals surface area contributed by atoms with E-state index in [0.717, 1.165) is 37.7 Å². The van der Waals surface area contributed by atoms with E-state index in [4.69, 9.17) is 34.8 Å². The molecule has 3 rings (SSSR count). The maximum Gasteiger partial charge on any atom is 0.163 e. The Bertz CT molecular complexity index is 845. The van der Waals surface area contributed by atoms with Gasteiger partial charge in [0.1, 0.15) is 5.78 Å². The summed E-state index contributed by atoms with van der Waals surface area (Å²) in [5, 5.41) is 1.51. The molecule has 0 aliphatic heterocycles. The van der Waals surface area contributed by atoms with Gasteiger partial charge in [-0.3, -0.25) is 9.59 Å². The fourth-order valence-electron chi connectivity index (χ4n) is 3.98. The second kappa shape index (κ2) is 9.91. The molecule has 2 nitrogen and oxygen atoms in total. The SMILES string of the molecule is O=C(C[C@H](c1ccc(Cl)c(Cl)c1)[C@@H]1CCCCCCC1=O)c1ccc(Cl)cc1. The predicted octanol–water partition coefficient (Wildman–Crippen LogP) is 7.54. The van der Waals surface area contributed by atoms with E-state index < -0.39 is 0 Å². The van der Waals surface area contributed by atoms with Gasteiger partial charge in [0.25, 0.3) is 0 Å². The molecule has 0 spiro atoms. The molecule has 2 aromatic carbocycles. The van der Waals surface area contributed by atoms with Crippen molar-refractivity contribution in [2.24, 2.45) is 5.92 Å². The number of carbonyl (C=O) groups is 2. The van der Waals surface area contributed by atoms with Gasteiger partial charge in [-0.1, -0.05) is 60.1 Å². The van der Waals surface area contributed by atoms with Gasteiger partial charge in [0.15, 0.2) is 5.78 Å². The molecular weight excluding hydrogens is 415 g/mol. The Labute approximate surface area is 181 Å². The van der Waals surface area contributed by atoms with Crippen LogP contribution in [-0.2, 0) is 4.79 Å². The minimum Gasteiger partial charge on any atom is -0.299 e. The first-order valence-electron chi connectivity index (χ1n) is 9.72. The monoisotopic (exact) mass is 436 g/mol. The van der Waals surface area contributed by atoms with E-state index in [1.165, 1.54) is 0 Å². The fraction of sp³-hybridized carbons (Fsp3) is 0.391. The molecule has 0 radical (unpaired) electrons. The van der Waals surface area contributed by atoms with Crippen LogP contribution >= 0.6 is 34.8 Å². The standard InChI is InChI=1S/C23H23Cl3O2/c24-17-10-7-15(8-11-17)23(28)14-19(16-9-12-20(25)21(26)13-16)18-5-3-1-2-4-6-22(18)27/h7-13,18-19H,1-6,14H2/t18-,19+/m0/s1. The van der Waals surface area contributed by atoms with Crippen LogP contribution in [0.1, 0.15) is 66.8 Å². The molecule has 1 aliphatic carbocycles. The second-order valence-corrected chi connectivity index (χ2v) is 8.69. The predicted molar refractivity (Wildman–Crippen MR) is 116 cm³/mol. The summed E-state index contributed by atoms with van der Waals surface area (Å²) in [7, 11) is 0. The Balaban J connectivity index is 1.92. The first-order valence-corrected chi connectivity index (χ1v) is 10.9.